The zero-order valence-electron chi connectivity index (χ0n) is 13.4. The van der Waals surface area contributed by atoms with Crippen molar-refractivity contribution in [2.75, 3.05) is 35.0 Å². The van der Waals surface area contributed by atoms with E-state index in [2.05, 4.69) is 12.1 Å². The molecule has 1 aromatic carbocycles. The molecule has 1 heterocycles. The van der Waals surface area contributed by atoms with E-state index in [4.69, 9.17) is 23.7 Å². The van der Waals surface area contributed by atoms with E-state index < -0.39 is 0 Å². The van der Waals surface area contributed by atoms with E-state index in [1.165, 1.54) is 4.46 Å². The predicted molar refractivity (Wildman–Crippen MR) is 84.8 cm³/mol. The Kier molecular flexibility index (Phi) is 7.31. The van der Waals surface area contributed by atoms with Crippen LogP contribution in [0.4, 0.5) is 0 Å². The molecule has 0 unspecified atom stereocenters. The molecule has 1 aliphatic rings. The van der Waals surface area contributed by atoms with Crippen LogP contribution >= 0.6 is 0 Å². The van der Waals surface area contributed by atoms with E-state index in [1.807, 2.05) is 18.2 Å². The number of benzene rings is 1. The van der Waals surface area contributed by atoms with Gasteiger partial charge >= 0.3 is 138 Å². The molecule has 1 aromatic rings. The van der Waals surface area contributed by atoms with Gasteiger partial charge in [0.25, 0.3) is 0 Å². The third-order valence-electron chi connectivity index (χ3n) is 3.73. The van der Waals surface area contributed by atoms with Crippen molar-refractivity contribution in [1.29, 1.82) is 0 Å². The molecule has 0 bridgehead atoms. The number of methoxy groups -OCH3 is 4. The maximum atomic E-state index is 6.24. The van der Waals surface area contributed by atoms with Gasteiger partial charge in [-0.05, 0) is 0 Å². The molecule has 0 N–H and O–H groups in total. The minimum atomic E-state index is -0.210. The molecule has 0 spiro atoms. The number of rotatable bonds is 7. The third-order valence-corrected chi connectivity index (χ3v) is 6.16. The van der Waals surface area contributed by atoms with Gasteiger partial charge in [0.2, 0.25) is 0 Å². The SMILES string of the molecule is COC[C@H]1O[C@@H]([Se]c2ccccc2)[C@H](OC)[C@@H](OC)[C@H]1OC. The third kappa shape index (κ3) is 4.09. The Balaban J connectivity index is 2.19. The van der Waals surface area contributed by atoms with Gasteiger partial charge < -0.3 is 0 Å². The van der Waals surface area contributed by atoms with E-state index in [0.717, 1.165) is 0 Å². The Morgan fingerprint density at radius 3 is 2.09 bits per heavy atom. The van der Waals surface area contributed by atoms with Crippen LogP contribution in [0.5, 0.6) is 0 Å². The van der Waals surface area contributed by atoms with Crippen LogP contribution in [0.1, 0.15) is 0 Å². The van der Waals surface area contributed by atoms with Crippen molar-refractivity contribution in [3.8, 4) is 0 Å². The predicted octanol–water partition coefficient (Wildman–Crippen LogP) is 0.432. The second-order valence-corrected chi connectivity index (χ2v) is 7.49. The van der Waals surface area contributed by atoms with Crippen LogP contribution in [0.2, 0.25) is 0 Å². The zero-order valence-corrected chi connectivity index (χ0v) is 15.1. The molecule has 0 aromatic heterocycles. The zero-order chi connectivity index (χ0) is 15.9. The summed E-state index contributed by atoms with van der Waals surface area (Å²) in [5.41, 5.74) is 0. The summed E-state index contributed by atoms with van der Waals surface area (Å²) in [7, 11) is 6.71. The van der Waals surface area contributed by atoms with Gasteiger partial charge in [-0.25, -0.2) is 0 Å². The van der Waals surface area contributed by atoms with Gasteiger partial charge in [0.1, 0.15) is 0 Å². The van der Waals surface area contributed by atoms with Gasteiger partial charge in [0.05, 0.1) is 0 Å². The summed E-state index contributed by atoms with van der Waals surface area (Å²) in [5, 5.41) is -0.0450. The molecular weight excluding hydrogens is 351 g/mol. The van der Waals surface area contributed by atoms with Crippen LogP contribution in [0, 0.1) is 0 Å². The van der Waals surface area contributed by atoms with Gasteiger partial charge in [-0.2, -0.15) is 0 Å². The molecular formula is C16H24O5Se. The molecule has 124 valence electrons. The van der Waals surface area contributed by atoms with E-state index >= 15 is 0 Å². The van der Waals surface area contributed by atoms with Crippen LogP contribution in [0.15, 0.2) is 30.3 Å². The fourth-order valence-corrected chi connectivity index (χ4v) is 5.18. The Morgan fingerprint density at radius 1 is 0.909 bits per heavy atom. The van der Waals surface area contributed by atoms with Crippen LogP contribution in [0.3, 0.4) is 0 Å². The fourth-order valence-electron chi connectivity index (χ4n) is 2.71. The van der Waals surface area contributed by atoms with Crippen molar-refractivity contribution in [2.24, 2.45) is 0 Å². The van der Waals surface area contributed by atoms with Crippen LogP contribution < -0.4 is 4.46 Å². The molecule has 2 rings (SSSR count). The van der Waals surface area contributed by atoms with E-state index in [1.54, 1.807) is 28.4 Å². The molecule has 6 heteroatoms. The summed E-state index contributed by atoms with van der Waals surface area (Å²) in [6, 6.07) is 10.3. The summed E-state index contributed by atoms with van der Waals surface area (Å²) < 4.78 is 29.7. The first-order chi connectivity index (χ1) is 10.7. The van der Waals surface area contributed by atoms with E-state index in [9.17, 15) is 0 Å². The molecule has 0 amide bonds. The average molecular weight is 375 g/mol. The fraction of sp³-hybridized carbons (Fsp3) is 0.625. The summed E-state index contributed by atoms with van der Waals surface area (Å²) in [5.74, 6) is 0. The van der Waals surface area contributed by atoms with Gasteiger partial charge in [0, 0.05) is 0 Å². The second kappa shape index (κ2) is 8.99. The van der Waals surface area contributed by atoms with Crippen molar-refractivity contribution in [3.05, 3.63) is 30.3 Å². The van der Waals surface area contributed by atoms with Gasteiger partial charge in [-0.3, -0.25) is 0 Å². The van der Waals surface area contributed by atoms with Crippen molar-refractivity contribution in [3.63, 3.8) is 0 Å². The number of hydrogen-bond acceptors (Lipinski definition) is 5. The van der Waals surface area contributed by atoms with Crippen LogP contribution in [0.25, 0.3) is 0 Å². The first-order valence-corrected chi connectivity index (χ1v) is 9.04. The Bertz CT molecular complexity index is 430. The van der Waals surface area contributed by atoms with E-state index in [0.29, 0.717) is 6.61 Å². The molecule has 22 heavy (non-hydrogen) atoms. The quantitative estimate of drug-likeness (QED) is 0.647. The summed E-state index contributed by atoms with van der Waals surface area (Å²) in [6.45, 7) is 0.468. The number of hydrogen-bond donors (Lipinski definition) is 0. The molecule has 0 aliphatic carbocycles. The molecule has 1 aliphatic heterocycles. The van der Waals surface area contributed by atoms with Crippen LogP contribution in [-0.2, 0) is 23.7 Å². The maximum absolute atomic E-state index is 6.24. The first-order valence-electron chi connectivity index (χ1n) is 7.19. The van der Waals surface area contributed by atoms with Crippen molar-refractivity contribution in [2.45, 2.75) is 29.4 Å². The Labute approximate surface area is 138 Å². The topological polar surface area (TPSA) is 46.2 Å². The summed E-state index contributed by atoms with van der Waals surface area (Å²) >= 11 is 0.115. The minimum absolute atomic E-state index is 0.0450. The normalized spacial score (nSPS) is 32.1. The standard InChI is InChI=1S/C16H24O5Se/c1-17-10-12-13(18-2)14(19-3)15(20-4)16(21-12)22-11-8-6-5-7-9-11/h5-9,12-16H,10H2,1-4H3/t12-,13+,14+,15-,16+/m1/s1. The molecule has 5 nitrogen and oxygen atoms in total. The van der Waals surface area contributed by atoms with Gasteiger partial charge in [-0.1, -0.05) is 0 Å². The van der Waals surface area contributed by atoms with Gasteiger partial charge in [-0.15, -0.1) is 0 Å². The van der Waals surface area contributed by atoms with Crippen LogP contribution in [-0.4, -0.2) is 79.4 Å². The first kappa shape index (κ1) is 17.9. The van der Waals surface area contributed by atoms with Gasteiger partial charge in [0.15, 0.2) is 0 Å². The van der Waals surface area contributed by atoms with Crippen molar-refractivity contribution >= 4 is 19.4 Å². The van der Waals surface area contributed by atoms with Crippen molar-refractivity contribution < 1.29 is 23.7 Å². The average Bonchev–Trinajstić information content (AvgIpc) is 2.55. The molecule has 5 atom stereocenters. The summed E-state index contributed by atoms with van der Waals surface area (Å²) in [4.78, 5) is 0. The molecule has 1 saturated heterocycles. The Hall–Kier alpha value is -0.461. The molecule has 0 saturated carbocycles. The molecule has 1 fully saturated rings. The number of ether oxygens (including phenoxy) is 5. The van der Waals surface area contributed by atoms with Crippen molar-refractivity contribution in [1.82, 2.24) is 0 Å². The second-order valence-electron chi connectivity index (χ2n) is 5.03. The Morgan fingerprint density at radius 2 is 1.55 bits per heavy atom. The monoisotopic (exact) mass is 376 g/mol. The summed E-state index contributed by atoms with van der Waals surface area (Å²) in [6.07, 6.45) is -0.720. The van der Waals surface area contributed by atoms with E-state index in [-0.39, 0.29) is 44.4 Å². The molecule has 0 radical (unpaired) electrons.